The molecule has 7 heteroatoms. The Morgan fingerprint density at radius 3 is 3.12 bits per heavy atom. The number of aromatic nitrogens is 2. The molecule has 1 aliphatic heterocycles. The van der Waals surface area contributed by atoms with E-state index in [1.807, 2.05) is 0 Å². The van der Waals surface area contributed by atoms with Crippen molar-refractivity contribution in [1.29, 1.82) is 0 Å². The van der Waals surface area contributed by atoms with Gasteiger partial charge in [-0.25, -0.2) is 4.98 Å². The van der Waals surface area contributed by atoms with Crippen LogP contribution in [0.3, 0.4) is 0 Å². The smallest absolute Gasteiger partial charge is 0.268 e. The van der Waals surface area contributed by atoms with Crippen molar-refractivity contribution in [1.82, 2.24) is 9.97 Å². The Hall–Kier alpha value is -1.34. The third-order valence-corrected chi connectivity index (χ3v) is 3.80. The Morgan fingerprint density at radius 1 is 1.65 bits per heavy atom. The van der Waals surface area contributed by atoms with Gasteiger partial charge in [-0.05, 0) is 12.2 Å². The van der Waals surface area contributed by atoms with Crippen LogP contribution in [0.25, 0.3) is 0 Å². The Bertz CT molecular complexity index is 421. The molecule has 0 spiro atoms. The average Bonchev–Trinajstić information content (AvgIpc) is 2.75. The minimum absolute atomic E-state index is 0.114. The number of carbonyl (C=O) groups excluding carboxylic acids is 1. The van der Waals surface area contributed by atoms with Crippen LogP contribution in [0.5, 0.6) is 0 Å². The minimum atomic E-state index is -0.699. The first kappa shape index (κ1) is 12.1. The van der Waals surface area contributed by atoms with Crippen molar-refractivity contribution in [2.24, 2.45) is 5.73 Å². The first-order valence-electron chi connectivity index (χ1n) is 5.25. The van der Waals surface area contributed by atoms with Crippen LogP contribution in [0.15, 0.2) is 12.4 Å². The van der Waals surface area contributed by atoms with E-state index in [1.54, 1.807) is 11.8 Å². The fourth-order valence-corrected chi connectivity index (χ4v) is 2.86. The zero-order valence-corrected chi connectivity index (χ0v) is 10.0. The summed E-state index contributed by atoms with van der Waals surface area (Å²) in [5, 5.41) is 13.1. The molecule has 0 saturated carbocycles. The van der Waals surface area contributed by atoms with Crippen molar-refractivity contribution in [3.8, 4) is 0 Å². The van der Waals surface area contributed by atoms with Crippen molar-refractivity contribution < 1.29 is 9.90 Å². The summed E-state index contributed by atoms with van der Waals surface area (Å²) >= 11 is 1.72. The van der Waals surface area contributed by atoms with Crippen LogP contribution in [0.2, 0.25) is 0 Å². The van der Waals surface area contributed by atoms with E-state index in [0.717, 1.165) is 12.2 Å². The summed E-state index contributed by atoms with van der Waals surface area (Å²) in [6.45, 7) is 0.400. The largest absolute Gasteiger partial charge is 0.387 e. The maximum atomic E-state index is 10.9. The number of anilines is 1. The molecule has 92 valence electrons. The van der Waals surface area contributed by atoms with E-state index in [4.69, 9.17) is 5.73 Å². The molecule has 1 atom stereocenters. The molecule has 17 heavy (non-hydrogen) atoms. The van der Waals surface area contributed by atoms with Gasteiger partial charge in [0.2, 0.25) is 0 Å². The number of nitrogens with zero attached hydrogens (tertiary/aromatic N) is 2. The SMILES string of the molecule is NC(=O)c1cncc(NCC2(O)CCSC2)n1. The van der Waals surface area contributed by atoms with Gasteiger partial charge in [0.25, 0.3) is 5.91 Å². The summed E-state index contributed by atoms with van der Waals surface area (Å²) in [5.41, 5.74) is 4.52. The average molecular weight is 254 g/mol. The van der Waals surface area contributed by atoms with E-state index in [2.05, 4.69) is 15.3 Å². The Balaban J connectivity index is 1.99. The van der Waals surface area contributed by atoms with Crippen molar-refractivity contribution >= 4 is 23.5 Å². The standard InChI is InChI=1S/C10H14N4O2S/c11-9(15)7-3-12-4-8(14-7)13-5-10(16)1-2-17-6-10/h3-4,16H,1-2,5-6H2,(H2,11,15)(H,13,14). The summed E-state index contributed by atoms with van der Waals surface area (Å²) in [5.74, 6) is 1.51. The van der Waals surface area contributed by atoms with E-state index in [0.29, 0.717) is 18.1 Å². The number of thioether (sulfide) groups is 1. The zero-order valence-electron chi connectivity index (χ0n) is 9.22. The molecule has 6 nitrogen and oxygen atoms in total. The molecule has 0 bridgehead atoms. The number of hydrogen-bond donors (Lipinski definition) is 3. The molecule has 0 aliphatic carbocycles. The molecule has 1 aromatic heterocycles. The lowest BCUT2D eigenvalue weighted by atomic mass is 10.0. The predicted molar refractivity (Wildman–Crippen MR) is 65.9 cm³/mol. The molecule has 0 radical (unpaired) electrons. The van der Waals surface area contributed by atoms with Crippen LogP contribution >= 0.6 is 11.8 Å². The lowest BCUT2D eigenvalue weighted by Crippen LogP contribution is -2.36. The van der Waals surface area contributed by atoms with E-state index in [9.17, 15) is 9.90 Å². The summed E-state index contributed by atoms with van der Waals surface area (Å²) < 4.78 is 0. The number of carbonyl (C=O) groups is 1. The van der Waals surface area contributed by atoms with Crippen molar-refractivity contribution in [2.75, 3.05) is 23.4 Å². The third kappa shape index (κ3) is 3.07. The van der Waals surface area contributed by atoms with E-state index < -0.39 is 11.5 Å². The molecule has 2 rings (SSSR count). The first-order chi connectivity index (χ1) is 8.09. The van der Waals surface area contributed by atoms with Crippen LogP contribution in [-0.4, -0.2) is 44.6 Å². The molecule has 1 amide bonds. The maximum absolute atomic E-state index is 10.9. The quantitative estimate of drug-likeness (QED) is 0.691. The van der Waals surface area contributed by atoms with E-state index in [-0.39, 0.29) is 5.69 Å². The fourth-order valence-electron chi connectivity index (χ4n) is 1.56. The second-order valence-corrected chi connectivity index (χ2v) is 5.14. The summed E-state index contributed by atoms with van der Waals surface area (Å²) in [6, 6.07) is 0. The van der Waals surface area contributed by atoms with E-state index in [1.165, 1.54) is 12.4 Å². The molecule has 1 fully saturated rings. The number of primary amides is 1. The first-order valence-corrected chi connectivity index (χ1v) is 6.40. The van der Waals surface area contributed by atoms with Gasteiger partial charge in [-0.1, -0.05) is 0 Å². The molecule has 1 aromatic rings. The van der Waals surface area contributed by atoms with Crippen LogP contribution in [0.1, 0.15) is 16.9 Å². The molecular formula is C10H14N4O2S. The van der Waals surface area contributed by atoms with Crippen LogP contribution in [-0.2, 0) is 0 Å². The second kappa shape index (κ2) is 4.89. The van der Waals surface area contributed by atoms with Gasteiger partial charge < -0.3 is 16.2 Å². The Morgan fingerprint density at radius 2 is 2.47 bits per heavy atom. The number of aliphatic hydroxyl groups is 1. The normalized spacial score (nSPS) is 23.6. The third-order valence-electron chi connectivity index (χ3n) is 2.57. The number of hydrogen-bond acceptors (Lipinski definition) is 6. The molecule has 2 heterocycles. The number of rotatable bonds is 4. The molecule has 1 unspecified atom stereocenters. The molecule has 1 aliphatic rings. The second-order valence-electron chi connectivity index (χ2n) is 4.03. The van der Waals surface area contributed by atoms with Gasteiger partial charge in [0.05, 0.1) is 18.0 Å². The lowest BCUT2D eigenvalue weighted by Gasteiger charge is -2.21. The maximum Gasteiger partial charge on any atom is 0.268 e. The van der Waals surface area contributed by atoms with Gasteiger partial charge in [-0.3, -0.25) is 9.78 Å². The van der Waals surface area contributed by atoms with Gasteiger partial charge >= 0.3 is 0 Å². The monoisotopic (exact) mass is 254 g/mol. The summed E-state index contributed by atoms with van der Waals surface area (Å²) in [6.07, 6.45) is 3.57. The van der Waals surface area contributed by atoms with Crippen molar-refractivity contribution in [2.45, 2.75) is 12.0 Å². The van der Waals surface area contributed by atoms with Crippen molar-refractivity contribution in [3.63, 3.8) is 0 Å². The van der Waals surface area contributed by atoms with Crippen molar-refractivity contribution in [3.05, 3.63) is 18.1 Å². The highest BCUT2D eigenvalue weighted by atomic mass is 32.2. The highest BCUT2D eigenvalue weighted by molar-refractivity contribution is 7.99. The van der Waals surface area contributed by atoms with Crippen LogP contribution in [0.4, 0.5) is 5.82 Å². The molecule has 4 N–H and O–H groups in total. The van der Waals surface area contributed by atoms with Gasteiger partial charge in [0.1, 0.15) is 11.5 Å². The fraction of sp³-hybridized carbons (Fsp3) is 0.500. The highest BCUT2D eigenvalue weighted by Crippen LogP contribution is 2.27. The van der Waals surface area contributed by atoms with Crippen LogP contribution in [0, 0.1) is 0 Å². The number of nitrogens with two attached hydrogens (primary N) is 1. The molecule has 0 aromatic carbocycles. The van der Waals surface area contributed by atoms with Gasteiger partial charge in [-0.2, -0.15) is 11.8 Å². The molecular weight excluding hydrogens is 240 g/mol. The van der Waals surface area contributed by atoms with Gasteiger partial charge in [0.15, 0.2) is 0 Å². The lowest BCUT2D eigenvalue weighted by molar-refractivity contribution is 0.0819. The van der Waals surface area contributed by atoms with E-state index >= 15 is 0 Å². The highest BCUT2D eigenvalue weighted by Gasteiger charge is 2.31. The Kier molecular flexibility index (Phi) is 3.49. The van der Waals surface area contributed by atoms with Crippen LogP contribution < -0.4 is 11.1 Å². The zero-order chi connectivity index (χ0) is 12.3. The van der Waals surface area contributed by atoms with Gasteiger partial charge in [0, 0.05) is 12.3 Å². The summed E-state index contributed by atoms with van der Waals surface area (Å²) in [4.78, 5) is 18.8. The number of nitrogens with one attached hydrogen (secondary N) is 1. The summed E-state index contributed by atoms with van der Waals surface area (Å²) in [7, 11) is 0. The molecule has 1 saturated heterocycles. The number of amides is 1. The Labute approximate surface area is 103 Å². The minimum Gasteiger partial charge on any atom is -0.387 e. The topological polar surface area (TPSA) is 101 Å². The predicted octanol–water partition coefficient (Wildman–Crippen LogP) is -0.145. The van der Waals surface area contributed by atoms with Gasteiger partial charge in [-0.15, -0.1) is 0 Å².